The van der Waals surface area contributed by atoms with E-state index in [4.69, 9.17) is 0 Å². The quantitative estimate of drug-likeness (QED) is 0.767. The highest BCUT2D eigenvalue weighted by atomic mass is 16.2. The van der Waals surface area contributed by atoms with Crippen molar-refractivity contribution in [3.63, 3.8) is 0 Å². The van der Waals surface area contributed by atoms with Gasteiger partial charge in [-0.05, 0) is 65.8 Å². The molecule has 0 N–H and O–H groups in total. The average Bonchev–Trinajstić information content (AvgIpc) is 3.11. The average molecular weight is 252 g/mol. The first kappa shape index (κ1) is 13.9. The summed E-state index contributed by atoms with van der Waals surface area (Å²) in [6.45, 7) is 7.23. The van der Waals surface area contributed by atoms with Gasteiger partial charge in [0.1, 0.15) is 0 Å². The van der Waals surface area contributed by atoms with E-state index in [2.05, 4.69) is 37.6 Å². The molecule has 0 aromatic carbocycles. The number of likely N-dealkylation sites (N-methyl/N-ethyl adjacent to an activating group) is 1. The summed E-state index contributed by atoms with van der Waals surface area (Å²) in [5.41, 5.74) is 0. The molecule has 2 fully saturated rings. The van der Waals surface area contributed by atoms with Gasteiger partial charge in [-0.15, -0.1) is 0 Å². The van der Waals surface area contributed by atoms with Crippen molar-refractivity contribution in [1.82, 2.24) is 9.80 Å². The van der Waals surface area contributed by atoms with Gasteiger partial charge in [0, 0.05) is 18.1 Å². The molecule has 3 nitrogen and oxygen atoms in total. The van der Waals surface area contributed by atoms with Crippen molar-refractivity contribution in [2.24, 2.45) is 5.92 Å². The standard InChI is InChI=1S/C15H28N2O/c1-11-6-5-7-12(2)17(11)15(18)10-16(4)13(3)14-8-9-14/h11-14H,5-10H2,1-4H3. The summed E-state index contributed by atoms with van der Waals surface area (Å²) in [6.07, 6.45) is 6.28. The molecule has 3 atom stereocenters. The Labute approximate surface area is 112 Å². The Morgan fingerprint density at radius 2 is 1.78 bits per heavy atom. The van der Waals surface area contributed by atoms with E-state index in [-0.39, 0.29) is 0 Å². The number of hydrogen-bond donors (Lipinski definition) is 0. The molecule has 1 aliphatic heterocycles. The minimum atomic E-state index is 0.324. The van der Waals surface area contributed by atoms with Crippen molar-refractivity contribution >= 4 is 5.91 Å². The third-order valence-electron chi connectivity index (χ3n) is 4.87. The summed E-state index contributed by atoms with van der Waals surface area (Å²) < 4.78 is 0. The summed E-state index contributed by atoms with van der Waals surface area (Å²) in [4.78, 5) is 16.8. The van der Waals surface area contributed by atoms with Crippen molar-refractivity contribution < 1.29 is 4.79 Å². The Hall–Kier alpha value is -0.570. The monoisotopic (exact) mass is 252 g/mol. The van der Waals surface area contributed by atoms with Crippen molar-refractivity contribution in [2.45, 2.75) is 71.0 Å². The summed E-state index contributed by atoms with van der Waals surface area (Å²) in [5, 5.41) is 0. The predicted molar refractivity (Wildman–Crippen MR) is 74.4 cm³/mol. The van der Waals surface area contributed by atoms with Crippen molar-refractivity contribution in [3.05, 3.63) is 0 Å². The topological polar surface area (TPSA) is 23.6 Å². The summed E-state index contributed by atoms with van der Waals surface area (Å²) in [6, 6.07) is 1.40. The zero-order chi connectivity index (χ0) is 13.3. The van der Waals surface area contributed by atoms with Crippen molar-refractivity contribution in [2.75, 3.05) is 13.6 Å². The minimum absolute atomic E-state index is 0.324. The van der Waals surface area contributed by atoms with Crippen LogP contribution in [-0.2, 0) is 4.79 Å². The van der Waals surface area contributed by atoms with Gasteiger partial charge in [0.15, 0.2) is 0 Å². The molecule has 2 aliphatic rings. The van der Waals surface area contributed by atoms with E-state index in [0.29, 0.717) is 30.6 Å². The maximum Gasteiger partial charge on any atom is 0.237 e. The zero-order valence-electron chi connectivity index (χ0n) is 12.4. The lowest BCUT2D eigenvalue weighted by Gasteiger charge is -2.40. The van der Waals surface area contributed by atoms with Crippen LogP contribution in [0.2, 0.25) is 0 Å². The van der Waals surface area contributed by atoms with Gasteiger partial charge in [-0.1, -0.05) is 0 Å². The van der Waals surface area contributed by atoms with E-state index in [1.165, 1.54) is 19.3 Å². The molecule has 2 rings (SSSR count). The minimum Gasteiger partial charge on any atom is -0.336 e. The molecular weight excluding hydrogens is 224 g/mol. The molecule has 3 heteroatoms. The van der Waals surface area contributed by atoms with Crippen LogP contribution in [0.1, 0.15) is 52.9 Å². The lowest BCUT2D eigenvalue weighted by Crippen LogP contribution is -2.51. The molecule has 1 heterocycles. The normalized spacial score (nSPS) is 30.6. The number of rotatable bonds is 4. The Bertz CT molecular complexity index is 291. The third-order valence-corrected chi connectivity index (χ3v) is 4.87. The number of likely N-dealkylation sites (tertiary alicyclic amines) is 1. The van der Waals surface area contributed by atoms with E-state index in [0.717, 1.165) is 18.8 Å². The second kappa shape index (κ2) is 5.60. The smallest absolute Gasteiger partial charge is 0.237 e. The van der Waals surface area contributed by atoms with Crippen LogP contribution in [0.5, 0.6) is 0 Å². The van der Waals surface area contributed by atoms with Gasteiger partial charge in [0.2, 0.25) is 5.91 Å². The van der Waals surface area contributed by atoms with Crippen LogP contribution in [0.4, 0.5) is 0 Å². The SMILES string of the molecule is CC(C1CC1)N(C)CC(=O)N1C(C)CCCC1C. The summed E-state index contributed by atoms with van der Waals surface area (Å²) >= 11 is 0. The number of nitrogens with zero attached hydrogens (tertiary/aromatic N) is 2. The Morgan fingerprint density at radius 1 is 1.22 bits per heavy atom. The molecule has 3 unspecified atom stereocenters. The fourth-order valence-electron chi connectivity index (χ4n) is 3.29. The number of hydrogen-bond acceptors (Lipinski definition) is 2. The van der Waals surface area contributed by atoms with Crippen LogP contribution in [-0.4, -0.2) is 47.4 Å². The number of amides is 1. The van der Waals surface area contributed by atoms with Crippen LogP contribution in [0.15, 0.2) is 0 Å². The molecule has 18 heavy (non-hydrogen) atoms. The Kier molecular flexibility index (Phi) is 4.31. The second-order valence-electron chi connectivity index (χ2n) is 6.42. The van der Waals surface area contributed by atoms with Crippen LogP contribution < -0.4 is 0 Å². The predicted octanol–water partition coefficient (Wildman–Crippen LogP) is 2.51. The third kappa shape index (κ3) is 3.05. The molecule has 1 amide bonds. The van der Waals surface area contributed by atoms with Gasteiger partial charge in [-0.2, -0.15) is 0 Å². The van der Waals surface area contributed by atoms with Gasteiger partial charge < -0.3 is 4.90 Å². The maximum absolute atomic E-state index is 12.5. The molecule has 0 aromatic heterocycles. The highest BCUT2D eigenvalue weighted by molar-refractivity contribution is 5.79. The molecule has 0 radical (unpaired) electrons. The summed E-state index contributed by atoms with van der Waals surface area (Å²) in [5.74, 6) is 1.16. The van der Waals surface area contributed by atoms with E-state index >= 15 is 0 Å². The first-order valence-electron chi connectivity index (χ1n) is 7.52. The van der Waals surface area contributed by atoms with Crippen LogP contribution in [0.3, 0.4) is 0 Å². The number of carbonyl (C=O) groups excluding carboxylic acids is 1. The molecule has 1 saturated carbocycles. The molecular formula is C15H28N2O. The fourth-order valence-corrected chi connectivity index (χ4v) is 3.29. The van der Waals surface area contributed by atoms with Crippen LogP contribution in [0.25, 0.3) is 0 Å². The maximum atomic E-state index is 12.5. The highest BCUT2D eigenvalue weighted by Gasteiger charge is 2.33. The molecule has 0 spiro atoms. The van der Waals surface area contributed by atoms with E-state index < -0.39 is 0 Å². The van der Waals surface area contributed by atoms with Crippen molar-refractivity contribution in [3.8, 4) is 0 Å². The van der Waals surface area contributed by atoms with Gasteiger partial charge in [-0.3, -0.25) is 9.69 Å². The Morgan fingerprint density at radius 3 is 2.28 bits per heavy atom. The first-order chi connectivity index (χ1) is 8.50. The van der Waals surface area contributed by atoms with Crippen LogP contribution >= 0.6 is 0 Å². The highest BCUT2D eigenvalue weighted by Crippen LogP contribution is 2.34. The zero-order valence-corrected chi connectivity index (χ0v) is 12.4. The number of carbonyl (C=O) groups is 1. The molecule has 104 valence electrons. The van der Waals surface area contributed by atoms with Gasteiger partial charge in [-0.25, -0.2) is 0 Å². The lowest BCUT2D eigenvalue weighted by molar-refractivity contribution is -0.138. The molecule has 1 saturated heterocycles. The lowest BCUT2D eigenvalue weighted by atomic mass is 9.97. The Balaban J connectivity index is 1.89. The van der Waals surface area contributed by atoms with E-state index in [9.17, 15) is 4.79 Å². The molecule has 0 bridgehead atoms. The van der Waals surface area contributed by atoms with E-state index in [1.54, 1.807) is 0 Å². The fraction of sp³-hybridized carbons (Fsp3) is 0.933. The molecule has 0 aromatic rings. The van der Waals surface area contributed by atoms with Gasteiger partial charge >= 0.3 is 0 Å². The van der Waals surface area contributed by atoms with Crippen molar-refractivity contribution in [1.29, 1.82) is 0 Å². The van der Waals surface area contributed by atoms with Crippen LogP contribution in [0, 0.1) is 5.92 Å². The van der Waals surface area contributed by atoms with Gasteiger partial charge in [0.05, 0.1) is 6.54 Å². The van der Waals surface area contributed by atoms with E-state index in [1.807, 2.05) is 0 Å². The second-order valence-corrected chi connectivity index (χ2v) is 6.42. The van der Waals surface area contributed by atoms with Gasteiger partial charge in [0.25, 0.3) is 0 Å². The largest absolute Gasteiger partial charge is 0.336 e. The first-order valence-corrected chi connectivity index (χ1v) is 7.52. The summed E-state index contributed by atoms with van der Waals surface area (Å²) in [7, 11) is 2.10. The number of piperidine rings is 1. The molecule has 1 aliphatic carbocycles.